The molecule has 0 saturated carbocycles. The van der Waals surface area contributed by atoms with E-state index in [-0.39, 0.29) is 24.2 Å². The Morgan fingerprint density at radius 3 is 2.67 bits per heavy atom. The molecule has 0 bridgehead atoms. The number of hydrogen-bond donors (Lipinski definition) is 0. The number of halogens is 1. The zero-order valence-electron chi connectivity index (χ0n) is 20.1. The van der Waals surface area contributed by atoms with Crippen LogP contribution < -0.4 is 0 Å². The van der Waals surface area contributed by atoms with Crippen molar-refractivity contribution in [1.82, 2.24) is 15.0 Å². The Hall–Kier alpha value is -4.26. The summed E-state index contributed by atoms with van der Waals surface area (Å²) in [7, 11) is 0. The smallest absolute Gasteiger partial charge is 0.174 e. The van der Waals surface area contributed by atoms with Crippen LogP contribution in [0.15, 0.2) is 84.5 Å². The molecule has 6 nitrogen and oxygen atoms in total. The number of ketones is 1. The molecule has 0 radical (unpaired) electrons. The number of nitrogens with zero attached hydrogens (tertiary/aromatic N) is 4. The Morgan fingerprint density at radius 2 is 1.92 bits per heavy atom. The quantitative estimate of drug-likeness (QED) is 0.293. The SMILES string of the molecule is Cc1ccc(-c2cc(C(=O)C[C@H](C)c3ccncc3F)cc(C3=NO[C@H](c4ccccn4)C3)c2)nc1. The first-order valence-electron chi connectivity index (χ1n) is 11.8. The first-order valence-corrected chi connectivity index (χ1v) is 11.8. The maximum atomic E-state index is 14.2. The lowest BCUT2D eigenvalue weighted by molar-refractivity contribution is 0.0826. The van der Waals surface area contributed by atoms with Crippen LogP contribution in [-0.2, 0) is 4.84 Å². The lowest BCUT2D eigenvalue weighted by atomic mass is 9.90. The van der Waals surface area contributed by atoms with Gasteiger partial charge in [-0.15, -0.1) is 0 Å². The molecule has 0 saturated heterocycles. The molecule has 3 aromatic heterocycles. The van der Waals surface area contributed by atoms with Gasteiger partial charge >= 0.3 is 0 Å². The zero-order chi connectivity index (χ0) is 25.1. The first kappa shape index (κ1) is 23.5. The average molecular weight is 481 g/mol. The van der Waals surface area contributed by atoms with Crippen LogP contribution in [0.3, 0.4) is 0 Å². The number of aromatic nitrogens is 3. The highest BCUT2D eigenvalue weighted by Crippen LogP contribution is 2.31. The highest BCUT2D eigenvalue weighted by Gasteiger charge is 2.26. The van der Waals surface area contributed by atoms with Crippen LogP contribution >= 0.6 is 0 Å². The summed E-state index contributed by atoms with van der Waals surface area (Å²) >= 11 is 0. The lowest BCUT2D eigenvalue weighted by Gasteiger charge is -2.13. The van der Waals surface area contributed by atoms with E-state index in [4.69, 9.17) is 4.84 Å². The van der Waals surface area contributed by atoms with Gasteiger partial charge in [0, 0.05) is 48.1 Å². The molecule has 36 heavy (non-hydrogen) atoms. The minimum absolute atomic E-state index is 0.0882. The third-order valence-electron chi connectivity index (χ3n) is 6.31. The van der Waals surface area contributed by atoms with Crippen molar-refractivity contribution in [3.05, 3.63) is 113 Å². The molecule has 5 rings (SSSR count). The minimum Gasteiger partial charge on any atom is -0.385 e. The van der Waals surface area contributed by atoms with E-state index in [1.165, 1.54) is 12.4 Å². The number of hydrogen-bond acceptors (Lipinski definition) is 6. The van der Waals surface area contributed by atoms with Gasteiger partial charge < -0.3 is 4.84 Å². The molecule has 7 heteroatoms. The van der Waals surface area contributed by atoms with E-state index in [2.05, 4.69) is 20.1 Å². The van der Waals surface area contributed by atoms with E-state index >= 15 is 0 Å². The van der Waals surface area contributed by atoms with E-state index in [1.807, 2.05) is 62.4 Å². The van der Waals surface area contributed by atoms with E-state index < -0.39 is 5.82 Å². The van der Waals surface area contributed by atoms with Gasteiger partial charge in [0.05, 0.1) is 23.3 Å². The Kier molecular flexibility index (Phi) is 6.62. The van der Waals surface area contributed by atoms with Crippen molar-refractivity contribution in [3.63, 3.8) is 0 Å². The van der Waals surface area contributed by atoms with E-state index in [0.717, 1.165) is 33.8 Å². The van der Waals surface area contributed by atoms with Crippen LogP contribution in [-0.4, -0.2) is 26.4 Å². The van der Waals surface area contributed by atoms with Gasteiger partial charge in [-0.25, -0.2) is 4.39 Å². The lowest BCUT2D eigenvalue weighted by Crippen LogP contribution is -2.09. The number of benzene rings is 1. The fourth-order valence-corrected chi connectivity index (χ4v) is 4.31. The average Bonchev–Trinajstić information content (AvgIpc) is 3.40. The van der Waals surface area contributed by atoms with Crippen LogP contribution in [0, 0.1) is 12.7 Å². The number of pyridine rings is 3. The van der Waals surface area contributed by atoms with Crippen LogP contribution in [0.4, 0.5) is 4.39 Å². The van der Waals surface area contributed by atoms with E-state index in [9.17, 15) is 9.18 Å². The van der Waals surface area contributed by atoms with Gasteiger partial charge in [-0.2, -0.15) is 0 Å². The van der Waals surface area contributed by atoms with Gasteiger partial charge in [-0.1, -0.05) is 24.2 Å². The van der Waals surface area contributed by atoms with Crippen molar-refractivity contribution in [1.29, 1.82) is 0 Å². The van der Waals surface area contributed by atoms with Crippen molar-refractivity contribution in [3.8, 4) is 11.3 Å². The molecule has 0 fully saturated rings. The summed E-state index contributed by atoms with van der Waals surface area (Å²) in [5, 5.41) is 4.32. The van der Waals surface area contributed by atoms with Gasteiger partial charge in [0.1, 0.15) is 5.82 Å². The summed E-state index contributed by atoms with van der Waals surface area (Å²) in [5.74, 6) is -0.797. The molecule has 0 N–H and O–H groups in total. The minimum atomic E-state index is -0.408. The molecule has 1 aliphatic rings. The second-order valence-electron chi connectivity index (χ2n) is 9.04. The fourth-order valence-electron chi connectivity index (χ4n) is 4.31. The summed E-state index contributed by atoms with van der Waals surface area (Å²) in [6, 6.07) is 16.9. The molecule has 0 spiro atoms. The normalized spacial score (nSPS) is 15.8. The number of Topliss-reactive ketones (excluding diaryl/α,β-unsaturated/α-hetero) is 1. The molecule has 4 aromatic rings. The topological polar surface area (TPSA) is 77.3 Å². The predicted octanol–water partition coefficient (Wildman–Crippen LogP) is 6.23. The van der Waals surface area contributed by atoms with E-state index in [1.54, 1.807) is 18.5 Å². The summed E-state index contributed by atoms with van der Waals surface area (Å²) in [5.41, 5.74) is 5.94. The largest absolute Gasteiger partial charge is 0.385 e. The summed E-state index contributed by atoms with van der Waals surface area (Å²) < 4.78 is 14.2. The molecular formula is C29H25FN4O2. The van der Waals surface area contributed by atoms with Crippen LogP contribution in [0.25, 0.3) is 11.3 Å². The summed E-state index contributed by atoms with van der Waals surface area (Å²) in [6.07, 6.45) is 6.65. The van der Waals surface area contributed by atoms with Gasteiger partial charge in [0.25, 0.3) is 0 Å². The fraction of sp³-hybridized carbons (Fsp3) is 0.207. The van der Waals surface area contributed by atoms with Gasteiger partial charge in [0.2, 0.25) is 0 Å². The van der Waals surface area contributed by atoms with Crippen molar-refractivity contribution in [2.24, 2.45) is 5.16 Å². The van der Waals surface area contributed by atoms with Crippen molar-refractivity contribution in [2.45, 2.75) is 38.7 Å². The second-order valence-corrected chi connectivity index (χ2v) is 9.04. The molecule has 0 amide bonds. The zero-order valence-corrected chi connectivity index (χ0v) is 20.1. The van der Waals surface area contributed by atoms with Crippen molar-refractivity contribution in [2.75, 3.05) is 0 Å². The predicted molar refractivity (Wildman–Crippen MR) is 135 cm³/mol. The Labute approximate surface area is 208 Å². The number of carbonyl (C=O) groups is 1. The van der Waals surface area contributed by atoms with Crippen LogP contribution in [0.2, 0.25) is 0 Å². The third kappa shape index (κ3) is 5.05. The highest BCUT2D eigenvalue weighted by molar-refractivity contribution is 6.05. The number of rotatable bonds is 7. The Bertz CT molecular complexity index is 1420. The molecule has 1 aliphatic heterocycles. The van der Waals surface area contributed by atoms with Crippen molar-refractivity contribution < 1.29 is 14.0 Å². The molecule has 0 unspecified atom stereocenters. The van der Waals surface area contributed by atoms with E-state index in [0.29, 0.717) is 17.5 Å². The van der Waals surface area contributed by atoms with Crippen molar-refractivity contribution >= 4 is 11.5 Å². The van der Waals surface area contributed by atoms with Crippen LogP contribution in [0.5, 0.6) is 0 Å². The third-order valence-corrected chi connectivity index (χ3v) is 6.31. The molecule has 4 heterocycles. The summed E-state index contributed by atoms with van der Waals surface area (Å²) in [6.45, 7) is 3.82. The maximum Gasteiger partial charge on any atom is 0.174 e. The number of oxime groups is 1. The second kappa shape index (κ2) is 10.2. The Morgan fingerprint density at radius 1 is 1.06 bits per heavy atom. The standard InChI is InChI=1S/C29H25FN4O2/c1-18-6-7-25(33-16-18)20-12-21(27-15-29(36-34-27)26-5-3-4-9-32-26)14-22(13-20)28(35)11-19(2)23-8-10-31-17-24(23)30/h3-10,12-14,16-17,19,29H,11,15H2,1-2H3/t19-,29-/m0/s1. The van der Waals surface area contributed by atoms with Gasteiger partial charge in [0.15, 0.2) is 11.9 Å². The molecule has 2 atom stereocenters. The number of aryl methyl sites for hydroxylation is 1. The monoisotopic (exact) mass is 480 g/mol. The molecular weight excluding hydrogens is 455 g/mol. The molecule has 0 aliphatic carbocycles. The molecule has 1 aromatic carbocycles. The summed E-state index contributed by atoms with van der Waals surface area (Å²) in [4.78, 5) is 31.8. The van der Waals surface area contributed by atoms with Gasteiger partial charge in [-0.05, 0) is 66.4 Å². The maximum absolute atomic E-state index is 14.2. The Balaban J connectivity index is 1.46. The highest BCUT2D eigenvalue weighted by atomic mass is 19.1. The molecule has 180 valence electrons. The van der Waals surface area contributed by atoms with Crippen LogP contribution in [0.1, 0.15) is 64.5 Å². The van der Waals surface area contributed by atoms with Gasteiger partial charge in [-0.3, -0.25) is 19.7 Å². The number of carbonyl (C=O) groups excluding carboxylic acids is 1. The first-order chi connectivity index (χ1) is 17.5.